The fraction of sp³-hybridized carbons (Fsp3) is 0.304. The minimum atomic E-state index is 0.202. The van der Waals surface area contributed by atoms with E-state index in [-0.39, 0.29) is 5.91 Å². The largest absolute Gasteiger partial charge is 0.348 e. The van der Waals surface area contributed by atoms with Crippen molar-refractivity contribution in [3.8, 4) is 0 Å². The number of aromatic amines is 1. The van der Waals surface area contributed by atoms with Gasteiger partial charge in [-0.15, -0.1) is 0 Å². The number of aromatic nitrogens is 2. The number of para-hydroxylation sites is 2. The highest BCUT2D eigenvalue weighted by Gasteiger charge is 2.25. The summed E-state index contributed by atoms with van der Waals surface area (Å²) in [4.78, 5) is 24.7. The SMILES string of the molecule is O=C(CCN1c2ccccc2CCc2ccccc21)N1CCc2[nH]cnc2C1. The van der Waals surface area contributed by atoms with Gasteiger partial charge >= 0.3 is 0 Å². The monoisotopic (exact) mass is 372 g/mol. The summed E-state index contributed by atoms with van der Waals surface area (Å²) >= 11 is 0. The maximum absolute atomic E-state index is 12.9. The van der Waals surface area contributed by atoms with E-state index in [9.17, 15) is 4.79 Å². The van der Waals surface area contributed by atoms with Crippen LogP contribution in [0.5, 0.6) is 0 Å². The number of H-pyrrole nitrogens is 1. The number of imidazole rings is 1. The lowest BCUT2D eigenvalue weighted by Gasteiger charge is -2.30. The third-order valence-corrected chi connectivity index (χ3v) is 5.91. The van der Waals surface area contributed by atoms with Crippen LogP contribution in [-0.2, 0) is 30.6 Å². The normalized spacial score (nSPS) is 15.4. The zero-order chi connectivity index (χ0) is 18.9. The Morgan fingerprint density at radius 2 is 1.64 bits per heavy atom. The molecule has 0 unspecified atom stereocenters. The molecule has 2 aliphatic rings. The number of fused-ring (bicyclic) bond motifs is 3. The van der Waals surface area contributed by atoms with Crippen LogP contribution in [0.1, 0.15) is 28.9 Å². The van der Waals surface area contributed by atoms with Gasteiger partial charge in [0.25, 0.3) is 0 Å². The van der Waals surface area contributed by atoms with Crippen molar-refractivity contribution < 1.29 is 4.79 Å². The van der Waals surface area contributed by atoms with E-state index in [1.165, 1.54) is 28.2 Å². The minimum absolute atomic E-state index is 0.202. The average molecular weight is 372 g/mol. The van der Waals surface area contributed by atoms with Gasteiger partial charge in [0.05, 0.1) is 18.6 Å². The van der Waals surface area contributed by atoms with Crippen LogP contribution in [0.3, 0.4) is 0 Å². The maximum atomic E-state index is 12.9. The molecular weight excluding hydrogens is 348 g/mol. The topological polar surface area (TPSA) is 52.2 Å². The average Bonchev–Trinajstić information content (AvgIpc) is 3.15. The Labute approximate surface area is 165 Å². The fourth-order valence-corrected chi connectivity index (χ4v) is 4.40. The molecule has 3 aromatic rings. The lowest BCUT2D eigenvalue weighted by molar-refractivity contribution is -0.131. The summed E-state index contributed by atoms with van der Waals surface area (Å²) in [5.74, 6) is 0.202. The van der Waals surface area contributed by atoms with Crippen LogP contribution in [0.25, 0.3) is 0 Å². The Morgan fingerprint density at radius 1 is 0.964 bits per heavy atom. The number of amides is 1. The number of benzene rings is 2. The van der Waals surface area contributed by atoms with E-state index in [1.807, 2.05) is 4.90 Å². The number of carbonyl (C=O) groups excluding carboxylic acids is 1. The number of nitrogens with one attached hydrogen (secondary N) is 1. The van der Waals surface area contributed by atoms with Crippen molar-refractivity contribution in [3.05, 3.63) is 77.4 Å². The molecule has 142 valence electrons. The van der Waals surface area contributed by atoms with Crippen molar-refractivity contribution in [2.75, 3.05) is 18.0 Å². The van der Waals surface area contributed by atoms with Crippen molar-refractivity contribution in [2.45, 2.75) is 32.2 Å². The molecule has 0 aliphatic carbocycles. The summed E-state index contributed by atoms with van der Waals surface area (Å²) in [7, 11) is 0. The highest BCUT2D eigenvalue weighted by atomic mass is 16.2. The number of nitrogens with zero attached hydrogens (tertiary/aromatic N) is 3. The second kappa shape index (κ2) is 7.15. The van der Waals surface area contributed by atoms with Crippen molar-refractivity contribution in [3.63, 3.8) is 0 Å². The Balaban J connectivity index is 1.37. The van der Waals surface area contributed by atoms with Crippen LogP contribution < -0.4 is 4.90 Å². The molecule has 0 radical (unpaired) electrons. The quantitative estimate of drug-likeness (QED) is 0.764. The maximum Gasteiger partial charge on any atom is 0.224 e. The molecule has 2 aromatic carbocycles. The van der Waals surface area contributed by atoms with Gasteiger partial charge in [0.2, 0.25) is 5.91 Å². The molecule has 0 atom stereocenters. The zero-order valence-corrected chi connectivity index (χ0v) is 15.9. The van der Waals surface area contributed by atoms with Gasteiger partial charge in [-0.25, -0.2) is 4.98 Å². The molecule has 0 bridgehead atoms. The van der Waals surface area contributed by atoms with E-state index < -0.39 is 0 Å². The minimum Gasteiger partial charge on any atom is -0.348 e. The Morgan fingerprint density at radius 3 is 2.36 bits per heavy atom. The van der Waals surface area contributed by atoms with E-state index in [0.29, 0.717) is 19.5 Å². The van der Waals surface area contributed by atoms with E-state index in [0.717, 1.165) is 31.5 Å². The first-order valence-corrected chi connectivity index (χ1v) is 10.0. The van der Waals surface area contributed by atoms with Crippen LogP contribution in [0.4, 0.5) is 11.4 Å². The predicted molar refractivity (Wildman–Crippen MR) is 110 cm³/mol. The van der Waals surface area contributed by atoms with Gasteiger partial charge in [0, 0.05) is 43.0 Å². The van der Waals surface area contributed by atoms with Gasteiger partial charge in [0.15, 0.2) is 0 Å². The van der Waals surface area contributed by atoms with Gasteiger partial charge in [-0.3, -0.25) is 4.79 Å². The summed E-state index contributed by atoms with van der Waals surface area (Å²) in [5.41, 5.74) is 7.34. The second-order valence-electron chi connectivity index (χ2n) is 7.55. The lowest BCUT2D eigenvalue weighted by Crippen LogP contribution is -2.37. The molecule has 0 spiro atoms. The smallest absolute Gasteiger partial charge is 0.224 e. The van der Waals surface area contributed by atoms with Crippen LogP contribution >= 0.6 is 0 Å². The summed E-state index contributed by atoms with van der Waals surface area (Å²) in [6.45, 7) is 2.07. The zero-order valence-electron chi connectivity index (χ0n) is 15.9. The predicted octanol–water partition coefficient (Wildman–Crippen LogP) is 3.62. The standard InChI is InChI=1S/C23H24N4O/c28-23(26-13-11-19-20(15-26)25-16-24-19)12-14-27-21-7-3-1-5-17(21)9-10-18-6-2-4-8-22(18)27/h1-8,16H,9-15H2,(H,24,25). The first kappa shape index (κ1) is 17.0. The summed E-state index contributed by atoms with van der Waals surface area (Å²) in [6.07, 6.45) is 5.15. The first-order valence-electron chi connectivity index (χ1n) is 10.0. The van der Waals surface area contributed by atoms with Crippen LogP contribution in [0, 0.1) is 0 Å². The van der Waals surface area contributed by atoms with Crippen LogP contribution in [-0.4, -0.2) is 33.9 Å². The molecule has 1 amide bonds. The van der Waals surface area contributed by atoms with Gasteiger partial charge < -0.3 is 14.8 Å². The molecule has 0 saturated carbocycles. The van der Waals surface area contributed by atoms with Crippen LogP contribution in [0.2, 0.25) is 0 Å². The van der Waals surface area contributed by atoms with E-state index in [4.69, 9.17) is 0 Å². The van der Waals surface area contributed by atoms with Crippen molar-refractivity contribution in [1.29, 1.82) is 0 Å². The number of anilines is 2. The van der Waals surface area contributed by atoms with Crippen molar-refractivity contribution in [2.24, 2.45) is 0 Å². The number of aryl methyl sites for hydroxylation is 2. The number of hydrogen-bond acceptors (Lipinski definition) is 3. The molecule has 2 aliphatic heterocycles. The molecule has 5 heteroatoms. The van der Waals surface area contributed by atoms with Crippen molar-refractivity contribution in [1.82, 2.24) is 14.9 Å². The summed E-state index contributed by atoms with van der Waals surface area (Å²) in [5, 5.41) is 0. The highest BCUT2D eigenvalue weighted by Crippen LogP contribution is 2.36. The Kier molecular flexibility index (Phi) is 4.35. The molecule has 28 heavy (non-hydrogen) atoms. The number of rotatable bonds is 3. The third-order valence-electron chi connectivity index (χ3n) is 5.91. The molecule has 1 N–H and O–H groups in total. The second-order valence-corrected chi connectivity index (χ2v) is 7.55. The third kappa shape index (κ3) is 3.07. The molecule has 5 nitrogen and oxygen atoms in total. The van der Waals surface area contributed by atoms with Gasteiger partial charge in [0.1, 0.15) is 0 Å². The first-order chi connectivity index (χ1) is 13.8. The van der Waals surface area contributed by atoms with Gasteiger partial charge in [-0.05, 0) is 36.1 Å². The Hall–Kier alpha value is -3.08. The molecular formula is C23H24N4O. The van der Waals surface area contributed by atoms with E-state index >= 15 is 0 Å². The molecule has 0 fully saturated rings. The molecule has 5 rings (SSSR count). The van der Waals surface area contributed by atoms with Gasteiger partial charge in [-0.2, -0.15) is 0 Å². The number of hydrogen-bond donors (Lipinski definition) is 1. The van der Waals surface area contributed by atoms with Gasteiger partial charge in [-0.1, -0.05) is 36.4 Å². The van der Waals surface area contributed by atoms with E-state index in [1.54, 1.807) is 6.33 Å². The molecule has 3 heterocycles. The fourth-order valence-electron chi connectivity index (χ4n) is 4.40. The lowest BCUT2D eigenvalue weighted by atomic mass is 10.0. The Bertz CT molecular complexity index is 962. The number of carbonyl (C=O) groups is 1. The van der Waals surface area contributed by atoms with Crippen LogP contribution in [0.15, 0.2) is 54.9 Å². The highest BCUT2D eigenvalue weighted by molar-refractivity contribution is 5.79. The summed E-state index contributed by atoms with van der Waals surface area (Å²) < 4.78 is 0. The van der Waals surface area contributed by atoms with Crippen molar-refractivity contribution >= 4 is 17.3 Å². The molecule has 1 aromatic heterocycles. The van der Waals surface area contributed by atoms with E-state index in [2.05, 4.69) is 63.4 Å². The summed E-state index contributed by atoms with van der Waals surface area (Å²) in [6, 6.07) is 17.2. The molecule has 0 saturated heterocycles.